The third-order valence-electron chi connectivity index (χ3n) is 4.41. The summed E-state index contributed by atoms with van der Waals surface area (Å²) in [4.78, 5) is 2.41. The van der Waals surface area contributed by atoms with Gasteiger partial charge in [-0.05, 0) is 52.3 Å². The minimum Gasteiger partial charge on any atom is -0.496 e. The molecule has 0 spiro atoms. The van der Waals surface area contributed by atoms with Crippen LogP contribution in [0.1, 0.15) is 39.7 Å². The number of likely N-dealkylation sites (N-methyl/N-ethyl adjacent to an activating group) is 1. The van der Waals surface area contributed by atoms with Gasteiger partial charge in [-0.2, -0.15) is 0 Å². The molecule has 1 unspecified atom stereocenters. The van der Waals surface area contributed by atoms with Crippen molar-refractivity contribution in [2.75, 3.05) is 27.2 Å². The van der Waals surface area contributed by atoms with Crippen LogP contribution in [0.4, 0.5) is 0 Å². The van der Waals surface area contributed by atoms with E-state index in [2.05, 4.69) is 57.1 Å². The molecule has 21 heavy (non-hydrogen) atoms. The van der Waals surface area contributed by atoms with Gasteiger partial charge in [-0.15, -0.1) is 0 Å². The number of ether oxygens (including phenoxy) is 1. The van der Waals surface area contributed by atoms with Crippen molar-refractivity contribution < 1.29 is 4.74 Å². The van der Waals surface area contributed by atoms with Gasteiger partial charge in [0.25, 0.3) is 0 Å². The second-order valence-corrected chi connectivity index (χ2v) is 6.51. The zero-order valence-corrected chi connectivity index (χ0v) is 14.6. The van der Waals surface area contributed by atoms with Crippen molar-refractivity contribution in [1.82, 2.24) is 10.2 Å². The molecule has 1 N–H and O–H groups in total. The summed E-state index contributed by atoms with van der Waals surface area (Å²) < 4.78 is 5.44. The number of nitrogens with one attached hydrogen (secondary N) is 1. The van der Waals surface area contributed by atoms with E-state index in [0.717, 1.165) is 31.7 Å². The molecule has 0 fully saturated rings. The minimum atomic E-state index is 0.229. The van der Waals surface area contributed by atoms with Gasteiger partial charge in [0, 0.05) is 24.7 Å². The Morgan fingerprint density at radius 1 is 1.29 bits per heavy atom. The molecule has 0 aliphatic carbocycles. The number of hydrogen-bond donors (Lipinski definition) is 1. The van der Waals surface area contributed by atoms with Gasteiger partial charge < -0.3 is 15.0 Å². The highest BCUT2D eigenvalue weighted by Gasteiger charge is 2.16. The van der Waals surface area contributed by atoms with Crippen molar-refractivity contribution in [3.05, 3.63) is 29.8 Å². The van der Waals surface area contributed by atoms with Crippen molar-refractivity contribution >= 4 is 0 Å². The third kappa shape index (κ3) is 6.06. The molecule has 1 rings (SSSR count). The fourth-order valence-electron chi connectivity index (χ4n) is 2.26. The maximum Gasteiger partial charge on any atom is 0.122 e. The average Bonchev–Trinajstić information content (AvgIpc) is 2.47. The van der Waals surface area contributed by atoms with Crippen molar-refractivity contribution in [3.63, 3.8) is 0 Å². The monoisotopic (exact) mass is 292 g/mol. The summed E-state index contributed by atoms with van der Waals surface area (Å²) in [6.45, 7) is 11.1. The first-order valence-electron chi connectivity index (χ1n) is 7.96. The lowest BCUT2D eigenvalue weighted by molar-refractivity contribution is 0.240. The predicted molar refractivity (Wildman–Crippen MR) is 91.2 cm³/mol. The first kappa shape index (κ1) is 18.0. The molecule has 0 radical (unpaired) electrons. The van der Waals surface area contributed by atoms with Gasteiger partial charge in [0.05, 0.1) is 7.11 Å². The van der Waals surface area contributed by atoms with Crippen molar-refractivity contribution in [2.45, 2.75) is 52.1 Å². The summed E-state index contributed by atoms with van der Waals surface area (Å²) in [6, 6.07) is 8.78. The molecule has 1 aromatic rings. The van der Waals surface area contributed by atoms with Crippen LogP contribution in [-0.4, -0.2) is 43.7 Å². The number of para-hydroxylation sites is 1. The van der Waals surface area contributed by atoms with Crippen LogP contribution in [0.25, 0.3) is 0 Å². The zero-order chi connectivity index (χ0) is 15.9. The Balaban J connectivity index is 2.46. The van der Waals surface area contributed by atoms with E-state index in [1.807, 2.05) is 12.1 Å². The van der Waals surface area contributed by atoms with Crippen LogP contribution in [0, 0.1) is 0 Å². The molecule has 0 saturated carbocycles. The Hall–Kier alpha value is -1.06. The molecule has 0 aliphatic heterocycles. The highest BCUT2D eigenvalue weighted by molar-refractivity contribution is 5.33. The molecule has 3 heteroatoms. The summed E-state index contributed by atoms with van der Waals surface area (Å²) in [6.07, 6.45) is 2.16. The van der Waals surface area contributed by atoms with Crippen LogP contribution in [0.15, 0.2) is 24.3 Å². The lowest BCUT2D eigenvalue weighted by atomic mass is 10.0. The molecule has 0 bridgehead atoms. The van der Waals surface area contributed by atoms with E-state index < -0.39 is 0 Å². The summed E-state index contributed by atoms with van der Waals surface area (Å²) >= 11 is 0. The fourth-order valence-corrected chi connectivity index (χ4v) is 2.26. The van der Waals surface area contributed by atoms with Gasteiger partial charge in [-0.1, -0.05) is 25.1 Å². The first-order valence-corrected chi connectivity index (χ1v) is 7.96. The third-order valence-corrected chi connectivity index (χ3v) is 4.41. The van der Waals surface area contributed by atoms with Crippen LogP contribution < -0.4 is 10.1 Å². The van der Waals surface area contributed by atoms with Crippen molar-refractivity contribution in [3.8, 4) is 5.75 Å². The van der Waals surface area contributed by atoms with Gasteiger partial charge in [-0.3, -0.25) is 0 Å². The van der Waals surface area contributed by atoms with Crippen LogP contribution in [-0.2, 0) is 6.42 Å². The molecule has 0 aromatic heterocycles. The SMILES string of the molecule is CCC(C)(C)NCCN(C)C(C)Cc1ccccc1OC. The van der Waals surface area contributed by atoms with Gasteiger partial charge in [0.15, 0.2) is 0 Å². The van der Waals surface area contributed by atoms with E-state index in [4.69, 9.17) is 4.74 Å². The number of methoxy groups -OCH3 is 1. The number of rotatable bonds is 9. The Morgan fingerprint density at radius 2 is 1.95 bits per heavy atom. The fraction of sp³-hybridized carbons (Fsp3) is 0.667. The van der Waals surface area contributed by atoms with Crippen LogP contribution >= 0.6 is 0 Å². The van der Waals surface area contributed by atoms with E-state index in [1.165, 1.54) is 5.56 Å². The van der Waals surface area contributed by atoms with Gasteiger partial charge in [0.2, 0.25) is 0 Å². The number of benzene rings is 1. The summed E-state index contributed by atoms with van der Waals surface area (Å²) in [5.41, 5.74) is 1.51. The standard InChI is InChI=1S/C18H32N2O/c1-7-18(3,4)19-12-13-20(5)15(2)14-16-10-8-9-11-17(16)21-6/h8-11,15,19H,7,12-14H2,1-6H3. The van der Waals surface area contributed by atoms with E-state index >= 15 is 0 Å². The van der Waals surface area contributed by atoms with Gasteiger partial charge in [-0.25, -0.2) is 0 Å². The highest BCUT2D eigenvalue weighted by Crippen LogP contribution is 2.20. The Labute approximate surface area is 130 Å². The molecule has 1 aromatic carbocycles. The summed E-state index contributed by atoms with van der Waals surface area (Å²) in [5, 5.41) is 3.61. The Kier molecular flexibility index (Phi) is 7.20. The minimum absolute atomic E-state index is 0.229. The molecular weight excluding hydrogens is 260 g/mol. The maximum absolute atomic E-state index is 5.44. The normalized spacial score (nSPS) is 13.5. The van der Waals surface area contributed by atoms with Crippen molar-refractivity contribution in [2.24, 2.45) is 0 Å². The zero-order valence-electron chi connectivity index (χ0n) is 14.6. The van der Waals surface area contributed by atoms with Crippen LogP contribution in [0.2, 0.25) is 0 Å². The Bertz CT molecular complexity index is 417. The van der Waals surface area contributed by atoms with Gasteiger partial charge in [0.1, 0.15) is 5.75 Å². The Morgan fingerprint density at radius 3 is 2.57 bits per heavy atom. The molecular formula is C18H32N2O. The quantitative estimate of drug-likeness (QED) is 0.755. The number of nitrogens with zero attached hydrogens (tertiary/aromatic N) is 1. The largest absolute Gasteiger partial charge is 0.496 e. The molecule has 0 amide bonds. The van der Waals surface area contributed by atoms with Crippen LogP contribution in [0.3, 0.4) is 0 Å². The maximum atomic E-state index is 5.44. The topological polar surface area (TPSA) is 24.5 Å². The first-order chi connectivity index (χ1) is 9.89. The summed E-state index contributed by atoms with van der Waals surface area (Å²) in [5.74, 6) is 0.989. The molecule has 1 atom stereocenters. The number of hydrogen-bond acceptors (Lipinski definition) is 3. The summed E-state index contributed by atoms with van der Waals surface area (Å²) in [7, 11) is 3.94. The highest BCUT2D eigenvalue weighted by atomic mass is 16.5. The van der Waals surface area contributed by atoms with E-state index in [-0.39, 0.29) is 5.54 Å². The lowest BCUT2D eigenvalue weighted by Crippen LogP contribution is -2.44. The van der Waals surface area contributed by atoms with Gasteiger partial charge >= 0.3 is 0 Å². The molecule has 0 saturated heterocycles. The van der Waals surface area contributed by atoms with E-state index in [0.29, 0.717) is 6.04 Å². The second-order valence-electron chi connectivity index (χ2n) is 6.51. The molecule has 3 nitrogen and oxygen atoms in total. The smallest absolute Gasteiger partial charge is 0.122 e. The molecule has 0 aliphatic rings. The van der Waals surface area contributed by atoms with E-state index in [1.54, 1.807) is 7.11 Å². The van der Waals surface area contributed by atoms with E-state index in [9.17, 15) is 0 Å². The predicted octanol–water partition coefficient (Wildman–Crippen LogP) is 3.34. The lowest BCUT2D eigenvalue weighted by Gasteiger charge is -2.29. The molecule has 120 valence electrons. The van der Waals surface area contributed by atoms with Crippen LogP contribution in [0.5, 0.6) is 5.75 Å². The van der Waals surface area contributed by atoms with Crippen molar-refractivity contribution in [1.29, 1.82) is 0 Å². The second kappa shape index (κ2) is 8.40. The average molecular weight is 292 g/mol. The molecule has 0 heterocycles.